The van der Waals surface area contributed by atoms with Crippen LogP contribution < -0.4 is 11.1 Å². The second kappa shape index (κ2) is 5.23. The molecule has 0 atom stereocenters. The molecule has 4 N–H and O–H groups in total. The molecule has 1 aromatic heterocycles. The third kappa shape index (κ3) is 4.11. The van der Waals surface area contributed by atoms with Crippen LogP contribution in [0.15, 0.2) is 12.3 Å². The van der Waals surface area contributed by atoms with Crippen LogP contribution in [0.1, 0.15) is 37.7 Å². The van der Waals surface area contributed by atoms with Gasteiger partial charge in [0, 0.05) is 19.3 Å². The molecule has 0 aliphatic rings. The Bertz CT molecular complexity index is 391. The lowest BCUT2D eigenvalue weighted by Gasteiger charge is -2.18. The zero-order valence-electron chi connectivity index (χ0n) is 10.7. The summed E-state index contributed by atoms with van der Waals surface area (Å²) in [5, 5.41) is 12.2. The zero-order chi connectivity index (χ0) is 13.1. The molecule has 0 spiro atoms. The summed E-state index contributed by atoms with van der Waals surface area (Å²) in [7, 11) is 0. The van der Waals surface area contributed by atoms with Crippen molar-refractivity contribution in [2.24, 2.45) is 0 Å². The maximum Gasteiger partial charge on any atom is 0.268 e. The van der Waals surface area contributed by atoms with Crippen molar-refractivity contribution in [3.8, 4) is 0 Å². The van der Waals surface area contributed by atoms with E-state index < -0.39 is 5.60 Å². The molecule has 0 saturated heterocycles. The number of aryl methyl sites for hydroxylation is 1. The number of aromatic nitrogens is 1. The van der Waals surface area contributed by atoms with E-state index in [9.17, 15) is 9.90 Å². The van der Waals surface area contributed by atoms with Gasteiger partial charge in [-0.25, -0.2) is 0 Å². The van der Waals surface area contributed by atoms with Crippen LogP contribution >= 0.6 is 0 Å². The number of aliphatic hydroxyl groups is 1. The van der Waals surface area contributed by atoms with E-state index in [0.717, 1.165) is 13.0 Å². The Balaban J connectivity index is 2.74. The first-order valence-electron chi connectivity index (χ1n) is 5.79. The number of amides is 1. The number of nitrogens with two attached hydrogens (primary N) is 1. The molecule has 5 nitrogen and oxygen atoms in total. The Labute approximate surface area is 102 Å². The third-order valence-electron chi connectivity index (χ3n) is 2.30. The first-order chi connectivity index (χ1) is 7.83. The summed E-state index contributed by atoms with van der Waals surface area (Å²) in [4.78, 5) is 11.9. The Morgan fingerprint density at radius 2 is 2.24 bits per heavy atom. The van der Waals surface area contributed by atoms with Crippen molar-refractivity contribution in [1.82, 2.24) is 9.88 Å². The number of nitrogens with zero attached hydrogens (tertiary/aromatic N) is 1. The standard InChI is InChI=1S/C12H21N3O2/c1-4-5-15-7-9(13)6-10(15)11(16)14-8-12(2,3)17/h6-7,17H,4-5,8,13H2,1-3H3,(H,14,16). The van der Waals surface area contributed by atoms with Crippen LogP contribution in [0, 0.1) is 0 Å². The summed E-state index contributed by atoms with van der Waals surface area (Å²) in [5.41, 5.74) is 5.88. The van der Waals surface area contributed by atoms with Gasteiger partial charge in [-0.3, -0.25) is 4.79 Å². The minimum Gasteiger partial charge on any atom is -0.397 e. The van der Waals surface area contributed by atoms with E-state index in [2.05, 4.69) is 5.32 Å². The van der Waals surface area contributed by atoms with Gasteiger partial charge in [-0.05, 0) is 26.3 Å². The maximum absolute atomic E-state index is 11.9. The van der Waals surface area contributed by atoms with Crippen molar-refractivity contribution in [2.75, 3.05) is 12.3 Å². The molecule has 0 radical (unpaired) electrons. The number of nitrogen functional groups attached to an aromatic ring is 1. The second-order valence-corrected chi connectivity index (χ2v) is 4.85. The number of hydrogen-bond donors (Lipinski definition) is 3. The average molecular weight is 239 g/mol. The van der Waals surface area contributed by atoms with Crippen molar-refractivity contribution in [3.63, 3.8) is 0 Å². The van der Waals surface area contributed by atoms with E-state index in [0.29, 0.717) is 11.4 Å². The van der Waals surface area contributed by atoms with Gasteiger partial charge in [0.15, 0.2) is 0 Å². The largest absolute Gasteiger partial charge is 0.397 e. The second-order valence-electron chi connectivity index (χ2n) is 4.85. The van der Waals surface area contributed by atoms with Gasteiger partial charge in [-0.15, -0.1) is 0 Å². The smallest absolute Gasteiger partial charge is 0.268 e. The number of rotatable bonds is 5. The SMILES string of the molecule is CCCn1cc(N)cc1C(=O)NCC(C)(C)O. The van der Waals surface area contributed by atoms with Crippen molar-refractivity contribution in [3.05, 3.63) is 18.0 Å². The molecule has 1 heterocycles. The highest BCUT2D eigenvalue weighted by Crippen LogP contribution is 2.11. The van der Waals surface area contributed by atoms with Crippen molar-refractivity contribution in [2.45, 2.75) is 39.3 Å². The number of carbonyl (C=O) groups is 1. The Morgan fingerprint density at radius 3 is 2.76 bits per heavy atom. The summed E-state index contributed by atoms with van der Waals surface area (Å²) >= 11 is 0. The molecule has 0 unspecified atom stereocenters. The summed E-state index contributed by atoms with van der Waals surface area (Å²) in [6, 6.07) is 1.65. The van der Waals surface area contributed by atoms with Crippen LogP contribution in [-0.2, 0) is 6.54 Å². The molecule has 5 heteroatoms. The molecule has 1 aromatic rings. The minimum absolute atomic E-state index is 0.211. The molecular weight excluding hydrogens is 218 g/mol. The summed E-state index contributed by atoms with van der Waals surface area (Å²) in [5.74, 6) is -0.211. The molecule has 0 bridgehead atoms. The molecule has 96 valence electrons. The first-order valence-corrected chi connectivity index (χ1v) is 5.79. The van der Waals surface area contributed by atoms with Crippen molar-refractivity contribution in [1.29, 1.82) is 0 Å². The van der Waals surface area contributed by atoms with Gasteiger partial charge in [0.1, 0.15) is 5.69 Å². The lowest BCUT2D eigenvalue weighted by Crippen LogP contribution is -2.38. The number of anilines is 1. The normalized spacial score (nSPS) is 11.5. The van der Waals surface area contributed by atoms with Crippen molar-refractivity contribution < 1.29 is 9.90 Å². The van der Waals surface area contributed by atoms with E-state index in [4.69, 9.17) is 5.73 Å². The van der Waals surface area contributed by atoms with Gasteiger partial charge in [0.05, 0.1) is 11.3 Å². The van der Waals surface area contributed by atoms with Crippen LogP contribution in [-0.4, -0.2) is 27.7 Å². The molecule has 1 rings (SSSR count). The topological polar surface area (TPSA) is 80.3 Å². The fourth-order valence-corrected chi connectivity index (χ4v) is 1.54. The highest BCUT2D eigenvalue weighted by Gasteiger charge is 2.17. The molecular formula is C12H21N3O2. The Kier molecular flexibility index (Phi) is 4.17. The van der Waals surface area contributed by atoms with Gasteiger partial charge in [0.25, 0.3) is 5.91 Å². The molecule has 1 amide bonds. The predicted octanol–water partition coefficient (Wildman–Crippen LogP) is 0.981. The average Bonchev–Trinajstić information content (AvgIpc) is 2.55. The fourth-order valence-electron chi connectivity index (χ4n) is 1.54. The highest BCUT2D eigenvalue weighted by molar-refractivity contribution is 5.93. The lowest BCUT2D eigenvalue weighted by atomic mass is 10.1. The van der Waals surface area contributed by atoms with Gasteiger partial charge in [-0.1, -0.05) is 6.92 Å². The monoisotopic (exact) mass is 239 g/mol. The lowest BCUT2D eigenvalue weighted by molar-refractivity contribution is 0.0689. The molecule has 0 saturated carbocycles. The van der Waals surface area contributed by atoms with Gasteiger partial charge in [0.2, 0.25) is 0 Å². The Hall–Kier alpha value is -1.49. The van der Waals surface area contributed by atoms with E-state index in [1.807, 2.05) is 11.5 Å². The fraction of sp³-hybridized carbons (Fsp3) is 0.583. The van der Waals surface area contributed by atoms with E-state index in [-0.39, 0.29) is 12.5 Å². The van der Waals surface area contributed by atoms with Crippen LogP contribution in [0.25, 0.3) is 0 Å². The maximum atomic E-state index is 11.9. The van der Waals surface area contributed by atoms with Crippen LogP contribution in [0.2, 0.25) is 0 Å². The molecule has 0 aliphatic heterocycles. The van der Waals surface area contributed by atoms with E-state index in [1.165, 1.54) is 0 Å². The highest BCUT2D eigenvalue weighted by atomic mass is 16.3. The zero-order valence-corrected chi connectivity index (χ0v) is 10.7. The molecule has 0 aromatic carbocycles. The Morgan fingerprint density at radius 1 is 1.59 bits per heavy atom. The summed E-state index contributed by atoms with van der Waals surface area (Å²) < 4.78 is 1.83. The van der Waals surface area contributed by atoms with E-state index >= 15 is 0 Å². The van der Waals surface area contributed by atoms with Crippen LogP contribution in [0.4, 0.5) is 5.69 Å². The van der Waals surface area contributed by atoms with Crippen LogP contribution in [0.5, 0.6) is 0 Å². The van der Waals surface area contributed by atoms with E-state index in [1.54, 1.807) is 26.1 Å². The van der Waals surface area contributed by atoms with Gasteiger partial charge in [-0.2, -0.15) is 0 Å². The number of hydrogen-bond acceptors (Lipinski definition) is 3. The van der Waals surface area contributed by atoms with Gasteiger partial charge >= 0.3 is 0 Å². The quantitative estimate of drug-likeness (QED) is 0.716. The van der Waals surface area contributed by atoms with Crippen LogP contribution in [0.3, 0.4) is 0 Å². The summed E-state index contributed by atoms with van der Waals surface area (Å²) in [6.45, 7) is 6.29. The third-order valence-corrected chi connectivity index (χ3v) is 2.30. The molecule has 0 aliphatic carbocycles. The minimum atomic E-state index is -0.913. The van der Waals surface area contributed by atoms with Crippen molar-refractivity contribution >= 4 is 11.6 Å². The van der Waals surface area contributed by atoms with Gasteiger partial charge < -0.3 is 20.7 Å². The molecule has 17 heavy (non-hydrogen) atoms. The number of carbonyl (C=O) groups excluding carboxylic acids is 1. The predicted molar refractivity (Wildman–Crippen MR) is 67.8 cm³/mol. The summed E-state index contributed by atoms with van der Waals surface area (Å²) in [6.07, 6.45) is 2.68. The number of nitrogens with one attached hydrogen (secondary N) is 1. The first kappa shape index (κ1) is 13.6. The molecule has 0 fully saturated rings.